The molecule has 0 aliphatic carbocycles. The Kier molecular flexibility index (Phi) is 5.13. The highest BCUT2D eigenvalue weighted by Gasteiger charge is 2.35. The molecule has 1 aliphatic heterocycles. The standard InChI is InChI=1S/C22H19FN8O2/c1-30(16-5-3-2-4-6-16)22-27-17(26-21(24)28-22)18-25-19(33-29-18)20(32)31-11-14(12-31)13-7-9-15(23)10-8-13/h2-10,14H,11-12H2,1H3,(H2,24,26,27,28). The minimum absolute atomic E-state index is 0.0136. The second-order valence-corrected chi connectivity index (χ2v) is 7.59. The number of carbonyl (C=O) groups is 1. The molecule has 2 aromatic carbocycles. The molecule has 11 heteroatoms. The third-order valence-corrected chi connectivity index (χ3v) is 5.40. The highest BCUT2D eigenvalue weighted by atomic mass is 19.1. The van der Waals surface area contributed by atoms with Gasteiger partial charge in [-0.3, -0.25) is 4.79 Å². The molecule has 1 aliphatic rings. The van der Waals surface area contributed by atoms with E-state index in [9.17, 15) is 9.18 Å². The topological polar surface area (TPSA) is 127 Å². The predicted octanol–water partition coefficient (Wildman–Crippen LogP) is 2.65. The van der Waals surface area contributed by atoms with E-state index in [1.54, 1.807) is 29.0 Å². The summed E-state index contributed by atoms with van der Waals surface area (Å²) < 4.78 is 18.3. The number of halogens is 1. The number of nitrogen functional groups attached to an aromatic ring is 1. The van der Waals surface area contributed by atoms with Crippen LogP contribution in [0.25, 0.3) is 11.6 Å². The molecule has 4 aromatic rings. The quantitative estimate of drug-likeness (QED) is 0.492. The molecule has 2 aromatic heterocycles. The van der Waals surface area contributed by atoms with E-state index in [1.807, 2.05) is 30.3 Å². The summed E-state index contributed by atoms with van der Waals surface area (Å²) in [7, 11) is 1.79. The van der Waals surface area contributed by atoms with E-state index in [2.05, 4.69) is 25.1 Å². The summed E-state index contributed by atoms with van der Waals surface area (Å²) >= 11 is 0. The van der Waals surface area contributed by atoms with Gasteiger partial charge in [-0.1, -0.05) is 35.5 Å². The number of aromatic nitrogens is 5. The predicted molar refractivity (Wildman–Crippen MR) is 117 cm³/mol. The van der Waals surface area contributed by atoms with Crippen LogP contribution in [0.2, 0.25) is 0 Å². The van der Waals surface area contributed by atoms with Crippen molar-refractivity contribution in [3.8, 4) is 11.6 Å². The SMILES string of the molecule is CN(c1ccccc1)c1nc(N)nc(-c2noc(C(=O)N3CC(c4ccc(F)cc4)C3)n2)n1. The van der Waals surface area contributed by atoms with Gasteiger partial charge < -0.3 is 20.1 Å². The Bertz CT molecular complexity index is 1290. The van der Waals surface area contributed by atoms with Gasteiger partial charge in [-0.2, -0.15) is 19.9 Å². The van der Waals surface area contributed by atoms with Crippen LogP contribution in [0.3, 0.4) is 0 Å². The first kappa shape index (κ1) is 20.5. The Morgan fingerprint density at radius 2 is 1.76 bits per heavy atom. The van der Waals surface area contributed by atoms with E-state index >= 15 is 0 Å². The Morgan fingerprint density at radius 1 is 1.03 bits per heavy atom. The molecule has 33 heavy (non-hydrogen) atoms. The van der Waals surface area contributed by atoms with Crippen molar-refractivity contribution in [2.45, 2.75) is 5.92 Å². The Hall–Kier alpha value is -4.41. The lowest BCUT2D eigenvalue weighted by Gasteiger charge is -2.38. The number of para-hydroxylation sites is 1. The molecule has 0 spiro atoms. The van der Waals surface area contributed by atoms with E-state index in [4.69, 9.17) is 10.3 Å². The van der Waals surface area contributed by atoms with Gasteiger partial charge in [0.2, 0.25) is 23.5 Å². The van der Waals surface area contributed by atoms with Crippen molar-refractivity contribution < 1.29 is 13.7 Å². The minimum Gasteiger partial charge on any atom is -0.368 e. The average molecular weight is 446 g/mol. The van der Waals surface area contributed by atoms with Crippen molar-refractivity contribution in [1.82, 2.24) is 30.0 Å². The van der Waals surface area contributed by atoms with Gasteiger partial charge in [-0.25, -0.2) is 4.39 Å². The van der Waals surface area contributed by atoms with Crippen LogP contribution in [-0.4, -0.2) is 56.0 Å². The molecule has 0 saturated carbocycles. The number of likely N-dealkylation sites (tertiary alicyclic amines) is 1. The van der Waals surface area contributed by atoms with Gasteiger partial charge in [0, 0.05) is 31.7 Å². The van der Waals surface area contributed by atoms with Crippen molar-refractivity contribution in [3.05, 3.63) is 71.9 Å². The summed E-state index contributed by atoms with van der Waals surface area (Å²) in [4.78, 5) is 32.8. The smallest absolute Gasteiger partial charge is 0.316 e. The second-order valence-electron chi connectivity index (χ2n) is 7.59. The average Bonchev–Trinajstić information content (AvgIpc) is 3.29. The van der Waals surface area contributed by atoms with Gasteiger partial charge >= 0.3 is 11.8 Å². The van der Waals surface area contributed by atoms with Crippen LogP contribution in [0.5, 0.6) is 0 Å². The second kappa shape index (κ2) is 8.26. The fourth-order valence-electron chi connectivity index (χ4n) is 3.52. The maximum atomic E-state index is 13.1. The van der Waals surface area contributed by atoms with Crippen molar-refractivity contribution >= 4 is 23.5 Å². The van der Waals surface area contributed by atoms with Gasteiger partial charge in [0.05, 0.1) is 0 Å². The van der Waals surface area contributed by atoms with E-state index in [0.29, 0.717) is 19.0 Å². The van der Waals surface area contributed by atoms with E-state index in [-0.39, 0.29) is 35.2 Å². The van der Waals surface area contributed by atoms with Crippen molar-refractivity contribution in [3.63, 3.8) is 0 Å². The molecule has 3 heterocycles. The first-order valence-corrected chi connectivity index (χ1v) is 10.2. The van der Waals surface area contributed by atoms with Crippen LogP contribution in [0, 0.1) is 5.82 Å². The third kappa shape index (κ3) is 4.07. The number of nitrogens with zero attached hydrogens (tertiary/aromatic N) is 7. The van der Waals surface area contributed by atoms with Crippen molar-refractivity contribution in [2.75, 3.05) is 30.8 Å². The number of hydrogen-bond donors (Lipinski definition) is 1. The summed E-state index contributed by atoms with van der Waals surface area (Å²) in [5.74, 6) is -0.304. The summed E-state index contributed by atoms with van der Waals surface area (Å²) in [6, 6.07) is 15.8. The zero-order valence-corrected chi connectivity index (χ0v) is 17.6. The van der Waals surface area contributed by atoms with Gasteiger partial charge in [-0.15, -0.1) is 0 Å². The molecule has 0 unspecified atom stereocenters. The van der Waals surface area contributed by atoms with Gasteiger partial charge in [0.25, 0.3) is 0 Å². The van der Waals surface area contributed by atoms with Crippen LogP contribution in [0.1, 0.15) is 22.2 Å². The molecule has 5 rings (SSSR count). The highest BCUT2D eigenvalue weighted by Crippen LogP contribution is 2.28. The molecule has 0 radical (unpaired) electrons. The van der Waals surface area contributed by atoms with Crippen LogP contribution in [0.4, 0.5) is 22.0 Å². The Morgan fingerprint density at radius 3 is 2.48 bits per heavy atom. The summed E-state index contributed by atoms with van der Waals surface area (Å²) in [6.07, 6.45) is 0. The fourth-order valence-corrected chi connectivity index (χ4v) is 3.52. The maximum Gasteiger partial charge on any atom is 0.316 e. The third-order valence-electron chi connectivity index (χ3n) is 5.40. The first-order valence-electron chi connectivity index (χ1n) is 10.2. The lowest BCUT2D eigenvalue weighted by atomic mass is 9.91. The number of carbonyl (C=O) groups excluding carboxylic acids is 1. The lowest BCUT2D eigenvalue weighted by molar-refractivity contribution is 0.0551. The summed E-state index contributed by atoms with van der Waals surface area (Å²) in [5.41, 5.74) is 7.69. The Labute approximate surface area is 187 Å². The zero-order valence-electron chi connectivity index (χ0n) is 17.6. The largest absolute Gasteiger partial charge is 0.368 e. The minimum atomic E-state index is -0.393. The Balaban J connectivity index is 1.31. The molecule has 10 nitrogen and oxygen atoms in total. The van der Waals surface area contributed by atoms with Crippen LogP contribution >= 0.6 is 0 Å². The fraction of sp³-hybridized carbons (Fsp3) is 0.182. The normalized spacial score (nSPS) is 13.6. The van der Waals surface area contributed by atoms with Gasteiger partial charge in [-0.05, 0) is 29.8 Å². The van der Waals surface area contributed by atoms with E-state index in [0.717, 1.165) is 11.3 Å². The number of nitrogens with two attached hydrogens (primary N) is 1. The number of hydrogen-bond acceptors (Lipinski definition) is 9. The van der Waals surface area contributed by atoms with Crippen molar-refractivity contribution in [2.24, 2.45) is 0 Å². The monoisotopic (exact) mass is 446 g/mol. The molecule has 0 bridgehead atoms. The van der Waals surface area contributed by atoms with Crippen LogP contribution in [-0.2, 0) is 0 Å². The van der Waals surface area contributed by atoms with Gasteiger partial charge in [0.1, 0.15) is 5.82 Å². The molecule has 1 saturated heterocycles. The van der Waals surface area contributed by atoms with E-state index in [1.165, 1.54) is 12.1 Å². The molecule has 2 N–H and O–H groups in total. The first-order chi connectivity index (χ1) is 16.0. The highest BCUT2D eigenvalue weighted by molar-refractivity contribution is 5.90. The molecule has 1 fully saturated rings. The molecule has 166 valence electrons. The molecule has 0 atom stereocenters. The maximum absolute atomic E-state index is 13.1. The van der Waals surface area contributed by atoms with E-state index < -0.39 is 5.91 Å². The number of anilines is 3. The van der Waals surface area contributed by atoms with Crippen LogP contribution < -0.4 is 10.6 Å². The molecular formula is C22H19FN8O2. The zero-order chi connectivity index (χ0) is 22.9. The lowest BCUT2D eigenvalue weighted by Crippen LogP contribution is -2.48. The van der Waals surface area contributed by atoms with Crippen molar-refractivity contribution in [1.29, 1.82) is 0 Å². The van der Waals surface area contributed by atoms with Crippen LogP contribution in [0.15, 0.2) is 59.1 Å². The number of amides is 1. The molecular weight excluding hydrogens is 427 g/mol. The van der Waals surface area contributed by atoms with Gasteiger partial charge in [0.15, 0.2) is 0 Å². The summed E-state index contributed by atoms with van der Waals surface area (Å²) in [6.45, 7) is 0.958. The molecule has 1 amide bonds. The number of rotatable bonds is 5. The summed E-state index contributed by atoms with van der Waals surface area (Å²) in [5, 5.41) is 3.85. The number of benzene rings is 2.